The molecule has 0 radical (unpaired) electrons. The molecule has 48 heavy (non-hydrogen) atoms. The van der Waals surface area contributed by atoms with E-state index in [0.29, 0.717) is 66.9 Å². The van der Waals surface area contributed by atoms with E-state index in [-0.39, 0.29) is 18.2 Å². The fraction of sp³-hybridized carbons (Fsp3) is 0.143. The lowest BCUT2D eigenvalue weighted by molar-refractivity contribution is -0.384. The Hall–Kier alpha value is -4.29. The zero-order chi connectivity index (χ0) is 33.8. The van der Waals surface area contributed by atoms with Gasteiger partial charge in [0.25, 0.3) is 11.6 Å². The molecule has 1 amide bonds. The van der Waals surface area contributed by atoms with Gasteiger partial charge in [0, 0.05) is 51.4 Å². The van der Waals surface area contributed by atoms with Crippen molar-refractivity contribution in [2.75, 3.05) is 13.2 Å². The molecule has 1 aromatic heterocycles. The number of carbonyl (C=O) groups is 1. The van der Waals surface area contributed by atoms with E-state index < -0.39 is 4.92 Å². The fourth-order valence-electron chi connectivity index (χ4n) is 5.13. The molecule has 0 unspecified atom stereocenters. The zero-order valence-electron chi connectivity index (χ0n) is 25.4. The Morgan fingerprint density at radius 1 is 1.04 bits per heavy atom. The number of aromatic nitrogens is 1. The Morgan fingerprint density at radius 2 is 1.83 bits per heavy atom. The second-order valence-electron chi connectivity index (χ2n) is 10.6. The van der Waals surface area contributed by atoms with Crippen LogP contribution in [0.2, 0.25) is 10.0 Å². The quantitative estimate of drug-likeness (QED) is 0.0815. The first-order chi connectivity index (χ1) is 23.2. The third-order valence-corrected chi connectivity index (χ3v) is 9.65. The van der Waals surface area contributed by atoms with Crippen molar-refractivity contribution in [2.45, 2.75) is 20.0 Å². The summed E-state index contributed by atoms with van der Waals surface area (Å²) < 4.78 is 12.7. The molecule has 1 aliphatic rings. The van der Waals surface area contributed by atoms with Crippen molar-refractivity contribution < 1.29 is 19.2 Å². The first kappa shape index (κ1) is 33.6. The number of non-ortho nitro benzene ring substituents is 1. The predicted octanol–water partition coefficient (Wildman–Crippen LogP) is 9.97. The van der Waals surface area contributed by atoms with Crippen LogP contribution in [0.3, 0.4) is 0 Å². The minimum absolute atomic E-state index is 0.0368. The summed E-state index contributed by atoms with van der Waals surface area (Å²) in [5, 5.41) is 13.8. The van der Waals surface area contributed by atoms with E-state index in [9.17, 15) is 14.9 Å². The van der Waals surface area contributed by atoms with Crippen LogP contribution in [0.4, 0.5) is 11.4 Å². The van der Waals surface area contributed by atoms with Crippen LogP contribution in [0.15, 0.2) is 99.4 Å². The van der Waals surface area contributed by atoms with Gasteiger partial charge in [-0.15, -0.1) is 0 Å². The molecule has 1 aliphatic heterocycles. The number of nitro groups is 1. The number of rotatable bonds is 11. The van der Waals surface area contributed by atoms with Gasteiger partial charge >= 0.3 is 0 Å². The number of nitro benzene ring substituents is 1. The third-order valence-electron chi connectivity index (χ3n) is 7.47. The van der Waals surface area contributed by atoms with Gasteiger partial charge in [0.05, 0.1) is 26.6 Å². The van der Waals surface area contributed by atoms with Crippen LogP contribution in [-0.2, 0) is 17.8 Å². The number of amidine groups is 1. The number of hydrogen-bond donors (Lipinski definition) is 1. The number of para-hydroxylation sites is 1. The van der Waals surface area contributed by atoms with Gasteiger partial charge in [-0.1, -0.05) is 47.5 Å². The number of fused-ring (bicyclic) bond motifs is 1. The molecule has 6 rings (SSSR count). The highest BCUT2D eigenvalue weighted by Gasteiger charge is 2.33. The van der Waals surface area contributed by atoms with Gasteiger partial charge in [0.15, 0.2) is 16.7 Å². The minimum atomic E-state index is -0.461. The lowest BCUT2D eigenvalue weighted by Crippen LogP contribution is -2.31. The summed E-state index contributed by atoms with van der Waals surface area (Å²) in [6, 6.07) is 22.8. The fourth-order valence-corrected chi connectivity index (χ4v) is 7.19. The number of aliphatic imine (C=N–C) groups is 1. The highest BCUT2D eigenvalue weighted by molar-refractivity contribution is 9.10. The maximum absolute atomic E-state index is 13.9. The van der Waals surface area contributed by atoms with Crippen molar-refractivity contribution >= 4 is 90.3 Å². The summed E-state index contributed by atoms with van der Waals surface area (Å²) in [4.78, 5) is 34.8. The summed E-state index contributed by atoms with van der Waals surface area (Å²) in [6.07, 6.45) is 4.34. The van der Waals surface area contributed by atoms with E-state index in [4.69, 9.17) is 37.7 Å². The summed E-state index contributed by atoms with van der Waals surface area (Å²) in [7, 11) is 0. The number of carbonyl (C=O) groups excluding carboxylic acids is 1. The van der Waals surface area contributed by atoms with Gasteiger partial charge in [-0.25, -0.2) is 4.99 Å². The van der Waals surface area contributed by atoms with E-state index >= 15 is 0 Å². The topological polar surface area (TPSA) is 110 Å². The van der Waals surface area contributed by atoms with Crippen molar-refractivity contribution in [2.24, 2.45) is 4.99 Å². The summed E-state index contributed by atoms with van der Waals surface area (Å²) in [5.41, 5.74) is 4.04. The van der Waals surface area contributed by atoms with E-state index in [2.05, 4.69) is 20.9 Å². The number of hydrogen-bond acceptors (Lipinski definition) is 7. The molecule has 13 heteroatoms. The van der Waals surface area contributed by atoms with Crippen LogP contribution in [-0.4, -0.2) is 39.0 Å². The van der Waals surface area contributed by atoms with Crippen LogP contribution in [0.1, 0.15) is 23.6 Å². The molecular formula is C35H27BrCl2N4O5S. The highest BCUT2D eigenvalue weighted by Crippen LogP contribution is 2.41. The number of thioether (sulfide) groups is 1. The molecule has 0 spiro atoms. The standard InChI is InChI=1S/C35H27BrCl2N4O5S/c1-2-46-31-16-21(15-28(36)33(31)47-20-23-7-8-24(37)18-29(23)38)17-32-34(43)41(14-13-22-19-39-30-6-4-3-5-27(22)30)35(48-32)40-25-9-11-26(12-10-25)42(44)45/h3-12,15-19,39H,2,13-14,20H2,1H3/b32-17-,40-35?. The van der Waals surface area contributed by atoms with Gasteiger partial charge in [0.1, 0.15) is 6.61 Å². The van der Waals surface area contributed by atoms with Crippen LogP contribution < -0.4 is 9.47 Å². The first-order valence-corrected chi connectivity index (χ1v) is 17.2. The van der Waals surface area contributed by atoms with Gasteiger partial charge in [-0.2, -0.15) is 0 Å². The average Bonchev–Trinajstić information content (AvgIpc) is 3.60. The van der Waals surface area contributed by atoms with E-state index in [1.807, 2.05) is 49.5 Å². The zero-order valence-corrected chi connectivity index (χ0v) is 29.3. The SMILES string of the molecule is CCOc1cc(/C=C2\SC(=Nc3ccc([N+](=O)[O-])cc3)N(CCc3c[nH]c4ccccc34)C2=O)cc(Br)c1OCc1ccc(Cl)cc1Cl. The van der Waals surface area contributed by atoms with Gasteiger partial charge < -0.3 is 14.5 Å². The number of aromatic amines is 1. The van der Waals surface area contributed by atoms with Crippen molar-refractivity contribution in [3.8, 4) is 11.5 Å². The largest absolute Gasteiger partial charge is 0.490 e. The molecule has 5 aromatic rings. The van der Waals surface area contributed by atoms with Crippen molar-refractivity contribution in [3.63, 3.8) is 0 Å². The lowest BCUT2D eigenvalue weighted by atomic mass is 10.1. The summed E-state index contributed by atoms with van der Waals surface area (Å²) >= 11 is 17.3. The molecule has 2 heterocycles. The maximum Gasteiger partial charge on any atom is 0.269 e. The van der Waals surface area contributed by atoms with Crippen LogP contribution in [0.5, 0.6) is 11.5 Å². The summed E-state index contributed by atoms with van der Waals surface area (Å²) in [6.45, 7) is 2.84. The first-order valence-electron chi connectivity index (χ1n) is 14.8. The molecule has 9 nitrogen and oxygen atoms in total. The monoisotopic (exact) mass is 764 g/mol. The molecule has 0 bridgehead atoms. The lowest BCUT2D eigenvalue weighted by Gasteiger charge is -2.16. The van der Waals surface area contributed by atoms with Crippen molar-refractivity contribution in [3.05, 3.63) is 131 Å². The third kappa shape index (κ3) is 7.55. The number of benzene rings is 4. The second-order valence-corrected chi connectivity index (χ2v) is 13.3. The van der Waals surface area contributed by atoms with Crippen LogP contribution in [0, 0.1) is 10.1 Å². The highest BCUT2D eigenvalue weighted by atomic mass is 79.9. The smallest absolute Gasteiger partial charge is 0.269 e. The Labute approximate surface area is 298 Å². The molecule has 4 aromatic carbocycles. The number of nitrogens with one attached hydrogen (secondary N) is 1. The number of amides is 1. The molecule has 0 atom stereocenters. The number of H-pyrrole nitrogens is 1. The van der Waals surface area contributed by atoms with Gasteiger partial charge in [0.2, 0.25) is 0 Å². The van der Waals surface area contributed by atoms with Crippen LogP contribution in [0.25, 0.3) is 17.0 Å². The number of nitrogens with zero attached hydrogens (tertiary/aromatic N) is 3. The Kier molecular flexibility index (Phi) is 10.4. The van der Waals surface area contributed by atoms with Crippen LogP contribution >= 0.6 is 50.9 Å². The molecule has 1 saturated heterocycles. The Morgan fingerprint density at radius 3 is 2.58 bits per heavy atom. The van der Waals surface area contributed by atoms with E-state index in [1.165, 1.54) is 23.9 Å². The van der Waals surface area contributed by atoms with Crippen molar-refractivity contribution in [1.82, 2.24) is 9.88 Å². The van der Waals surface area contributed by atoms with E-state index in [0.717, 1.165) is 22.0 Å². The molecule has 1 N–H and O–H groups in total. The summed E-state index contributed by atoms with van der Waals surface area (Å²) in [5.74, 6) is 0.790. The molecule has 244 valence electrons. The van der Waals surface area contributed by atoms with Gasteiger partial charge in [-0.05, 0) is 101 Å². The molecular weight excluding hydrogens is 739 g/mol. The second kappa shape index (κ2) is 14.9. The van der Waals surface area contributed by atoms with Gasteiger partial charge in [-0.3, -0.25) is 19.8 Å². The number of ether oxygens (including phenoxy) is 2. The van der Waals surface area contributed by atoms with E-state index in [1.54, 1.807) is 41.3 Å². The Balaban J connectivity index is 1.29. The minimum Gasteiger partial charge on any atom is -0.490 e. The average molecular weight is 767 g/mol. The molecule has 0 saturated carbocycles. The predicted molar refractivity (Wildman–Crippen MR) is 196 cm³/mol. The number of halogens is 3. The molecule has 0 aliphatic carbocycles. The Bertz CT molecular complexity index is 2080. The van der Waals surface area contributed by atoms with Crippen molar-refractivity contribution in [1.29, 1.82) is 0 Å². The molecule has 1 fully saturated rings. The maximum atomic E-state index is 13.9. The normalized spacial score (nSPS) is 14.8.